The molecule has 3 heterocycles. The Balaban J connectivity index is 1.70. The summed E-state index contributed by atoms with van der Waals surface area (Å²) in [7, 11) is 3.05. The molecule has 3 aromatic carbocycles. The van der Waals surface area contributed by atoms with Gasteiger partial charge in [-0.1, -0.05) is 35.3 Å². The zero-order chi connectivity index (χ0) is 30.1. The quantitative estimate of drug-likeness (QED) is 0.292. The molecule has 0 bridgehead atoms. The van der Waals surface area contributed by atoms with Crippen LogP contribution in [0.3, 0.4) is 0 Å². The number of amides is 3. The molecule has 0 saturated carbocycles. The van der Waals surface area contributed by atoms with E-state index in [4.69, 9.17) is 32.9 Å². The Labute approximate surface area is 252 Å². The van der Waals surface area contributed by atoms with Crippen LogP contribution in [0.15, 0.2) is 54.6 Å². The molecule has 42 heavy (non-hydrogen) atoms. The van der Waals surface area contributed by atoms with Crippen molar-refractivity contribution in [2.24, 2.45) is 0 Å². The summed E-state index contributed by atoms with van der Waals surface area (Å²) >= 11 is 12.8. The highest BCUT2D eigenvalue weighted by Gasteiger charge is 2.64. The molecule has 0 radical (unpaired) electrons. The third-order valence-electron chi connectivity index (χ3n) is 7.80. The first-order chi connectivity index (χ1) is 20.0. The molecule has 3 amide bonds. The van der Waals surface area contributed by atoms with Crippen LogP contribution in [0, 0.1) is 6.92 Å². The highest BCUT2D eigenvalue weighted by molar-refractivity contribution is 6.32. The van der Waals surface area contributed by atoms with Crippen molar-refractivity contribution >= 4 is 52.3 Å². The van der Waals surface area contributed by atoms with E-state index in [-0.39, 0.29) is 17.6 Å². The maximum absolute atomic E-state index is 14.5. The minimum atomic E-state index is -1.60. The van der Waals surface area contributed by atoms with Crippen LogP contribution in [0.4, 0.5) is 11.4 Å². The highest BCUT2D eigenvalue weighted by Crippen LogP contribution is 2.55. The van der Waals surface area contributed by atoms with Crippen molar-refractivity contribution in [2.75, 3.05) is 24.4 Å². The maximum atomic E-state index is 14.5. The van der Waals surface area contributed by atoms with Crippen LogP contribution >= 0.6 is 23.2 Å². The zero-order valence-corrected chi connectivity index (χ0v) is 25.0. The van der Waals surface area contributed by atoms with E-state index in [1.54, 1.807) is 55.6 Å². The molecule has 9 nitrogen and oxygen atoms in total. The van der Waals surface area contributed by atoms with E-state index in [0.717, 1.165) is 5.56 Å². The number of imidazole rings is 1. The molecular formula is C31H27Cl2N5O4. The first-order valence-corrected chi connectivity index (χ1v) is 14.1. The van der Waals surface area contributed by atoms with Gasteiger partial charge in [-0.2, -0.15) is 0 Å². The summed E-state index contributed by atoms with van der Waals surface area (Å²) in [5.41, 5.74) is 2.25. The van der Waals surface area contributed by atoms with Gasteiger partial charge in [0.1, 0.15) is 11.6 Å². The van der Waals surface area contributed by atoms with Gasteiger partial charge in [-0.15, -0.1) is 0 Å². The fraction of sp³-hybridized carbons (Fsp3) is 0.226. The number of aryl methyl sites for hydroxylation is 1. The second-order valence-corrected chi connectivity index (χ2v) is 11.4. The zero-order valence-electron chi connectivity index (χ0n) is 23.5. The number of carbonyl (C=O) groups excluding carboxylic acids is 3. The van der Waals surface area contributed by atoms with Gasteiger partial charge in [-0.3, -0.25) is 19.3 Å². The Kier molecular flexibility index (Phi) is 6.55. The Morgan fingerprint density at radius 1 is 1.05 bits per heavy atom. The number of nitrogens with one attached hydrogen (secondary N) is 2. The van der Waals surface area contributed by atoms with Crippen molar-refractivity contribution in [3.05, 3.63) is 92.7 Å². The third-order valence-corrected chi connectivity index (χ3v) is 8.27. The lowest BCUT2D eigenvalue weighted by Gasteiger charge is -2.36. The molecule has 2 aliphatic rings. The Bertz CT molecular complexity index is 1830. The molecular weight excluding hydrogens is 577 g/mol. The number of rotatable bonds is 5. The van der Waals surface area contributed by atoms with Gasteiger partial charge in [-0.05, 0) is 68.8 Å². The Morgan fingerprint density at radius 2 is 1.76 bits per heavy atom. The van der Waals surface area contributed by atoms with Crippen LogP contribution in [-0.4, -0.2) is 41.4 Å². The molecule has 0 fully saturated rings. The topological polar surface area (TPSA) is 106 Å². The number of hydrogen-bond acceptors (Lipinski definition) is 5. The van der Waals surface area contributed by atoms with Gasteiger partial charge in [0, 0.05) is 39.9 Å². The average molecular weight is 604 g/mol. The lowest BCUT2D eigenvalue weighted by atomic mass is 9.86. The number of halogens is 2. The summed E-state index contributed by atoms with van der Waals surface area (Å²) in [5.74, 6) is -0.306. The second-order valence-electron chi connectivity index (χ2n) is 10.5. The van der Waals surface area contributed by atoms with Gasteiger partial charge < -0.3 is 19.9 Å². The van der Waals surface area contributed by atoms with Crippen LogP contribution in [-0.2, 0) is 10.3 Å². The third kappa shape index (κ3) is 3.77. The highest BCUT2D eigenvalue weighted by atomic mass is 35.5. The van der Waals surface area contributed by atoms with Crippen molar-refractivity contribution in [1.82, 2.24) is 14.9 Å². The summed E-state index contributed by atoms with van der Waals surface area (Å²) < 4.78 is 7.58. The van der Waals surface area contributed by atoms with E-state index < -0.39 is 17.4 Å². The molecule has 2 aliphatic heterocycles. The summed E-state index contributed by atoms with van der Waals surface area (Å²) in [6.07, 6.45) is 0. The Hall–Kier alpha value is -4.34. The van der Waals surface area contributed by atoms with E-state index >= 15 is 0 Å². The predicted molar refractivity (Wildman–Crippen MR) is 162 cm³/mol. The number of carbonyl (C=O) groups is 3. The molecule has 2 N–H and O–H groups in total. The van der Waals surface area contributed by atoms with Crippen molar-refractivity contribution < 1.29 is 19.1 Å². The van der Waals surface area contributed by atoms with Crippen molar-refractivity contribution in [3.8, 4) is 17.1 Å². The summed E-state index contributed by atoms with van der Waals surface area (Å²) in [6.45, 7) is 5.77. The van der Waals surface area contributed by atoms with Gasteiger partial charge in [-0.25, -0.2) is 4.98 Å². The van der Waals surface area contributed by atoms with Crippen LogP contribution in [0.2, 0.25) is 10.0 Å². The predicted octanol–water partition coefficient (Wildman–Crippen LogP) is 5.97. The van der Waals surface area contributed by atoms with Gasteiger partial charge in [0.15, 0.2) is 11.2 Å². The lowest BCUT2D eigenvalue weighted by Crippen LogP contribution is -2.51. The number of aromatic nitrogens is 2. The van der Waals surface area contributed by atoms with Gasteiger partial charge in [0.05, 0.1) is 24.1 Å². The van der Waals surface area contributed by atoms with E-state index in [0.29, 0.717) is 55.4 Å². The van der Waals surface area contributed by atoms with Gasteiger partial charge in [0.25, 0.3) is 17.7 Å². The standard InChI is InChI=1S/C31H27Cl2N5O4/c1-15(2)37-26-25(36-27(37)20-10-7-17(28(39)34-4)12-24(20)42-5)29(40)38(23-14-19(33)8-6-16(23)3)31(26)21-11-9-18(32)13-22(21)35-30(31)41/h6-15H,1-5H3,(H,34,39)(H,35,41). The maximum Gasteiger partial charge on any atom is 0.280 e. The van der Waals surface area contributed by atoms with Gasteiger partial charge in [0.2, 0.25) is 0 Å². The second kappa shape index (κ2) is 9.89. The van der Waals surface area contributed by atoms with Crippen LogP contribution in [0.5, 0.6) is 5.75 Å². The fourth-order valence-electron chi connectivity index (χ4n) is 5.99. The Morgan fingerprint density at radius 3 is 2.45 bits per heavy atom. The number of benzene rings is 3. The first-order valence-electron chi connectivity index (χ1n) is 13.3. The molecule has 1 atom stereocenters. The van der Waals surface area contributed by atoms with Crippen molar-refractivity contribution in [1.29, 1.82) is 0 Å². The van der Waals surface area contributed by atoms with E-state index in [1.807, 2.05) is 31.4 Å². The molecule has 6 rings (SSSR count). The van der Waals surface area contributed by atoms with Crippen LogP contribution < -0.4 is 20.3 Å². The number of fused-ring (bicyclic) bond motifs is 4. The number of anilines is 2. The molecule has 0 saturated heterocycles. The largest absolute Gasteiger partial charge is 0.496 e. The minimum absolute atomic E-state index is 0.133. The van der Waals surface area contributed by atoms with E-state index in [2.05, 4.69) is 10.6 Å². The lowest BCUT2D eigenvalue weighted by molar-refractivity contribution is -0.119. The first kappa shape index (κ1) is 27.8. The van der Waals surface area contributed by atoms with E-state index in [1.165, 1.54) is 12.0 Å². The number of ether oxygens (including phenoxy) is 1. The van der Waals surface area contributed by atoms with Crippen LogP contribution in [0.1, 0.15) is 57.6 Å². The minimum Gasteiger partial charge on any atom is -0.496 e. The average Bonchev–Trinajstić information content (AvgIpc) is 3.57. The van der Waals surface area contributed by atoms with E-state index in [9.17, 15) is 14.4 Å². The smallest absolute Gasteiger partial charge is 0.280 e. The van der Waals surface area contributed by atoms with Crippen LogP contribution in [0.25, 0.3) is 11.4 Å². The molecule has 0 aliphatic carbocycles. The number of methoxy groups -OCH3 is 1. The normalized spacial score (nSPS) is 17.1. The number of hydrogen-bond donors (Lipinski definition) is 2. The molecule has 1 unspecified atom stereocenters. The number of nitrogens with zero attached hydrogens (tertiary/aromatic N) is 3. The van der Waals surface area contributed by atoms with Gasteiger partial charge >= 0.3 is 0 Å². The molecule has 4 aromatic rings. The van der Waals surface area contributed by atoms with Crippen molar-refractivity contribution in [3.63, 3.8) is 0 Å². The fourth-order valence-corrected chi connectivity index (χ4v) is 6.33. The summed E-state index contributed by atoms with van der Waals surface area (Å²) in [5, 5.41) is 6.45. The monoisotopic (exact) mass is 603 g/mol. The molecule has 1 spiro atoms. The van der Waals surface area contributed by atoms with Crippen molar-refractivity contribution in [2.45, 2.75) is 32.4 Å². The molecule has 214 valence electrons. The molecule has 1 aromatic heterocycles. The molecule has 11 heteroatoms. The summed E-state index contributed by atoms with van der Waals surface area (Å²) in [4.78, 5) is 47.6. The SMILES string of the molecule is CNC(=O)c1ccc(-c2nc3c(n2C(C)C)C2(C(=O)Nc4cc(Cl)ccc42)N(c2cc(Cl)ccc2C)C3=O)c(OC)c1. The summed E-state index contributed by atoms with van der Waals surface area (Å²) in [6, 6.07) is 15.2.